The van der Waals surface area contributed by atoms with Gasteiger partial charge in [0.2, 0.25) is 5.91 Å². The number of rotatable bonds is 5. The van der Waals surface area contributed by atoms with E-state index in [-0.39, 0.29) is 11.9 Å². The Bertz CT molecular complexity index is 296. The first-order valence-electron chi connectivity index (χ1n) is 5.15. The van der Waals surface area contributed by atoms with E-state index in [9.17, 15) is 4.79 Å². The zero-order valence-electron chi connectivity index (χ0n) is 8.87. The summed E-state index contributed by atoms with van der Waals surface area (Å²) in [5, 5.41) is 3.79. The number of halogens is 1. The quantitative estimate of drug-likeness (QED) is 0.818. The standard InChI is InChI=1S/C12H16BrNO/c1-2-11(9-13)14-12(15)8-10-6-4-3-5-7-10/h3-7,11H,2,8-9H2,1H3,(H,14,15). The molecular weight excluding hydrogens is 254 g/mol. The van der Waals surface area contributed by atoms with E-state index in [1.807, 2.05) is 30.3 Å². The normalized spacial score (nSPS) is 12.1. The second-order valence-corrected chi connectivity index (χ2v) is 4.14. The predicted octanol–water partition coefficient (Wildman–Crippen LogP) is 2.52. The Morgan fingerprint density at radius 3 is 2.60 bits per heavy atom. The molecule has 1 rings (SSSR count). The van der Waals surface area contributed by atoms with Crippen molar-refractivity contribution in [3.63, 3.8) is 0 Å². The lowest BCUT2D eigenvalue weighted by Gasteiger charge is -2.13. The van der Waals surface area contributed by atoms with Crippen LogP contribution in [0.1, 0.15) is 18.9 Å². The van der Waals surface area contributed by atoms with Gasteiger partial charge >= 0.3 is 0 Å². The molecule has 1 N–H and O–H groups in total. The molecule has 0 saturated heterocycles. The second kappa shape index (κ2) is 6.62. The Morgan fingerprint density at radius 1 is 1.40 bits per heavy atom. The van der Waals surface area contributed by atoms with Crippen LogP contribution in [0, 0.1) is 0 Å². The summed E-state index contributed by atoms with van der Waals surface area (Å²) in [7, 11) is 0. The van der Waals surface area contributed by atoms with Gasteiger partial charge in [0.1, 0.15) is 0 Å². The van der Waals surface area contributed by atoms with E-state index in [0.717, 1.165) is 17.3 Å². The molecule has 82 valence electrons. The molecule has 0 saturated carbocycles. The summed E-state index contributed by atoms with van der Waals surface area (Å²) >= 11 is 3.38. The average Bonchev–Trinajstić information content (AvgIpc) is 2.27. The van der Waals surface area contributed by atoms with Gasteiger partial charge in [0.15, 0.2) is 0 Å². The highest BCUT2D eigenvalue weighted by molar-refractivity contribution is 9.09. The summed E-state index contributed by atoms with van der Waals surface area (Å²) in [5.41, 5.74) is 1.06. The van der Waals surface area contributed by atoms with Crippen molar-refractivity contribution in [1.82, 2.24) is 5.32 Å². The molecule has 0 spiro atoms. The summed E-state index contributed by atoms with van der Waals surface area (Å²) in [6.45, 7) is 2.06. The maximum Gasteiger partial charge on any atom is 0.224 e. The van der Waals surface area contributed by atoms with E-state index in [0.29, 0.717) is 6.42 Å². The van der Waals surface area contributed by atoms with Crippen LogP contribution in [0.4, 0.5) is 0 Å². The van der Waals surface area contributed by atoms with Crippen molar-refractivity contribution in [1.29, 1.82) is 0 Å². The summed E-state index contributed by atoms with van der Waals surface area (Å²) in [6.07, 6.45) is 1.41. The molecule has 0 fully saturated rings. The highest BCUT2D eigenvalue weighted by Gasteiger charge is 2.08. The van der Waals surface area contributed by atoms with Crippen molar-refractivity contribution >= 4 is 21.8 Å². The second-order valence-electron chi connectivity index (χ2n) is 3.49. The topological polar surface area (TPSA) is 29.1 Å². The van der Waals surface area contributed by atoms with Gasteiger partial charge in [0.25, 0.3) is 0 Å². The fourth-order valence-electron chi connectivity index (χ4n) is 1.31. The molecule has 1 atom stereocenters. The first kappa shape index (κ1) is 12.2. The Kier molecular flexibility index (Phi) is 5.40. The van der Waals surface area contributed by atoms with Crippen molar-refractivity contribution in [2.45, 2.75) is 25.8 Å². The Hall–Kier alpha value is -0.830. The number of hydrogen-bond acceptors (Lipinski definition) is 1. The lowest BCUT2D eigenvalue weighted by atomic mass is 10.1. The van der Waals surface area contributed by atoms with Crippen molar-refractivity contribution in [3.8, 4) is 0 Å². The molecule has 1 amide bonds. The molecule has 1 aromatic carbocycles. The van der Waals surface area contributed by atoms with Gasteiger partial charge in [-0.05, 0) is 12.0 Å². The Morgan fingerprint density at radius 2 is 2.07 bits per heavy atom. The first-order chi connectivity index (χ1) is 7.26. The fourth-order valence-corrected chi connectivity index (χ4v) is 1.93. The number of benzene rings is 1. The molecule has 0 aliphatic rings. The van der Waals surface area contributed by atoms with Crippen molar-refractivity contribution in [2.75, 3.05) is 5.33 Å². The van der Waals surface area contributed by atoms with E-state index in [1.54, 1.807) is 0 Å². The molecular formula is C12H16BrNO. The van der Waals surface area contributed by atoms with Gasteiger partial charge in [0.05, 0.1) is 6.42 Å². The number of alkyl halides is 1. The summed E-state index contributed by atoms with van der Waals surface area (Å²) in [6, 6.07) is 10.0. The minimum Gasteiger partial charge on any atom is -0.352 e. The maximum atomic E-state index is 11.6. The third-order valence-corrected chi connectivity index (χ3v) is 3.03. The number of carbonyl (C=O) groups is 1. The van der Waals surface area contributed by atoms with Gasteiger partial charge in [0, 0.05) is 11.4 Å². The van der Waals surface area contributed by atoms with Crippen molar-refractivity contribution in [3.05, 3.63) is 35.9 Å². The van der Waals surface area contributed by atoms with Gasteiger partial charge in [-0.25, -0.2) is 0 Å². The third-order valence-electron chi connectivity index (χ3n) is 2.25. The van der Waals surface area contributed by atoms with Gasteiger partial charge < -0.3 is 5.32 Å². The molecule has 3 heteroatoms. The molecule has 15 heavy (non-hydrogen) atoms. The average molecular weight is 270 g/mol. The van der Waals surface area contributed by atoms with E-state index in [2.05, 4.69) is 28.2 Å². The van der Waals surface area contributed by atoms with Crippen LogP contribution in [0.5, 0.6) is 0 Å². The molecule has 0 aliphatic heterocycles. The molecule has 1 aromatic rings. The zero-order chi connectivity index (χ0) is 11.1. The van der Waals surface area contributed by atoms with Crippen LogP contribution in [0.25, 0.3) is 0 Å². The molecule has 1 unspecified atom stereocenters. The highest BCUT2D eigenvalue weighted by Crippen LogP contribution is 2.01. The molecule has 0 bridgehead atoms. The third kappa shape index (κ3) is 4.47. The van der Waals surface area contributed by atoms with E-state index in [4.69, 9.17) is 0 Å². The number of amides is 1. The van der Waals surface area contributed by atoms with E-state index >= 15 is 0 Å². The predicted molar refractivity (Wildman–Crippen MR) is 66.2 cm³/mol. The summed E-state index contributed by atoms with van der Waals surface area (Å²) in [5.74, 6) is 0.0903. The first-order valence-corrected chi connectivity index (χ1v) is 6.27. The largest absolute Gasteiger partial charge is 0.352 e. The van der Waals surface area contributed by atoms with Crippen LogP contribution in [0.2, 0.25) is 0 Å². The molecule has 0 radical (unpaired) electrons. The van der Waals surface area contributed by atoms with E-state index < -0.39 is 0 Å². The molecule has 0 heterocycles. The van der Waals surface area contributed by atoms with Crippen LogP contribution < -0.4 is 5.32 Å². The van der Waals surface area contributed by atoms with Crippen LogP contribution in [-0.4, -0.2) is 17.3 Å². The van der Waals surface area contributed by atoms with Crippen molar-refractivity contribution < 1.29 is 4.79 Å². The molecule has 0 aliphatic carbocycles. The highest BCUT2D eigenvalue weighted by atomic mass is 79.9. The lowest BCUT2D eigenvalue weighted by molar-refractivity contribution is -0.121. The van der Waals surface area contributed by atoms with E-state index in [1.165, 1.54) is 0 Å². The van der Waals surface area contributed by atoms with Crippen LogP contribution in [-0.2, 0) is 11.2 Å². The van der Waals surface area contributed by atoms with Gasteiger partial charge in [-0.2, -0.15) is 0 Å². The SMILES string of the molecule is CCC(CBr)NC(=O)Cc1ccccc1. The van der Waals surface area contributed by atoms with Gasteiger partial charge in [-0.15, -0.1) is 0 Å². The number of carbonyl (C=O) groups excluding carboxylic acids is 1. The lowest BCUT2D eigenvalue weighted by Crippen LogP contribution is -2.36. The monoisotopic (exact) mass is 269 g/mol. The van der Waals surface area contributed by atoms with Crippen LogP contribution in [0.15, 0.2) is 30.3 Å². The number of nitrogens with one attached hydrogen (secondary N) is 1. The molecule has 2 nitrogen and oxygen atoms in total. The summed E-state index contributed by atoms with van der Waals surface area (Å²) in [4.78, 5) is 11.6. The Labute approximate surface area is 99.2 Å². The smallest absolute Gasteiger partial charge is 0.224 e. The fraction of sp³-hybridized carbons (Fsp3) is 0.417. The minimum atomic E-state index is 0.0903. The molecule has 0 aromatic heterocycles. The Balaban J connectivity index is 2.43. The zero-order valence-corrected chi connectivity index (χ0v) is 10.5. The van der Waals surface area contributed by atoms with Crippen LogP contribution in [0.3, 0.4) is 0 Å². The van der Waals surface area contributed by atoms with Gasteiger partial charge in [-0.3, -0.25) is 4.79 Å². The number of hydrogen-bond donors (Lipinski definition) is 1. The summed E-state index contributed by atoms with van der Waals surface area (Å²) < 4.78 is 0. The maximum absolute atomic E-state index is 11.6. The van der Waals surface area contributed by atoms with Crippen molar-refractivity contribution in [2.24, 2.45) is 0 Å². The minimum absolute atomic E-state index is 0.0903. The van der Waals surface area contributed by atoms with Gasteiger partial charge in [-0.1, -0.05) is 53.2 Å². The van der Waals surface area contributed by atoms with Crippen LogP contribution >= 0.6 is 15.9 Å².